The van der Waals surface area contributed by atoms with Gasteiger partial charge in [0.2, 0.25) is 0 Å². The topological polar surface area (TPSA) is 72.9 Å². The van der Waals surface area contributed by atoms with E-state index in [0.717, 1.165) is 35.2 Å². The van der Waals surface area contributed by atoms with Gasteiger partial charge in [-0.3, -0.25) is 14.4 Å². The molecule has 1 aliphatic rings. The number of amides is 1. The van der Waals surface area contributed by atoms with Crippen LogP contribution in [0.25, 0.3) is 0 Å². The maximum atomic E-state index is 13.1. The van der Waals surface area contributed by atoms with Gasteiger partial charge in [0.05, 0.1) is 23.0 Å². The quantitative estimate of drug-likeness (QED) is 0.344. The maximum Gasteiger partial charge on any atom is 0.264 e. The summed E-state index contributed by atoms with van der Waals surface area (Å²) in [7, 11) is 0. The van der Waals surface area contributed by atoms with Crippen molar-refractivity contribution >= 4 is 52.5 Å². The number of halogens is 3. The Kier molecular flexibility index (Phi) is 12.3. The molecule has 12 heteroatoms. The van der Waals surface area contributed by atoms with Gasteiger partial charge in [-0.2, -0.15) is 0 Å². The monoisotopic (exact) mass is 547 g/mol. The Hall–Kier alpha value is -2.38. The van der Waals surface area contributed by atoms with Gasteiger partial charge in [0.25, 0.3) is 5.91 Å². The average Bonchev–Trinajstić information content (AvgIpc) is 3.60. The second-order valence-electron chi connectivity index (χ2n) is 6.73. The lowest BCUT2D eigenvalue weighted by atomic mass is 10.3. The van der Waals surface area contributed by atoms with E-state index in [1.165, 1.54) is 23.5 Å². The number of carbonyl (C=O) groups excluding carboxylic acids is 3. The van der Waals surface area contributed by atoms with E-state index in [1.807, 2.05) is 13.8 Å². The molecule has 3 aromatic heterocycles. The number of aldehydes is 2. The normalized spacial score (nSPS) is 13.2. The molecule has 190 valence electrons. The number of ether oxygens (including phenoxy) is 2. The van der Waals surface area contributed by atoms with Crippen LogP contribution < -0.4 is 0 Å². The van der Waals surface area contributed by atoms with Gasteiger partial charge >= 0.3 is 0 Å². The Labute approximate surface area is 212 Å². The van der Waals surface area contributed by atoms with E-state index in [2.05, 4.69) is 0 Å². The summed E-state index contributed by atoms with van der Waals surface area (Å²) < 4.78 is 48.7. The number of hydrogen-bond acceptors (Lipinski definition) is 8. The summed E-state index contributed by atoms with van der Waals surface area (Å²) in [5, 5.41) is 3.24. The van der Waals surface area contributed by atoms with E-state index < -0.39 is 17.9 Å². The summed E-state index contributed by atoms with van der Waals surface area (Å²) in [5.41, 5.74) is 0. The van der Waals surface area contributed by atoms with Crippen LogP contribution in [0, 0.1) is 17.5 Å². The minimum atomic E-state index is -0.620. The van der Waals surface area contributed by atoms with Crippen LogP contribution >= 0.6 is 34.0 Å². The summed E-state index contributed by atoms with van der Waals surface area (Å²) in [4.78, 5) is 34.6. The zero-order valence-corrected chi connectivity index (χ0v) is 21.5. The third-order valence-corrected chi connectivity index (χ3v) is 7.27. The predicted octanol–water partition coefficient (Wildman–Crippen LogP) is 6.20. The van der Waals surface area contributed by atoms with Gasteiger partial charge in [0.15, 0.2) is 18.9 Å². The molecular weight excluding hydrogens is 523 g/mol. The highest BCUT2D eigenvalue weighted by molar-refractivity contribution is 7.15. The summed E-state index contributed by atoms with van der Waals surface area (Å²) in [6.45, 7) is 6.17. The number of hydrogen-bond donors (Lipinski definition) is 0. The van der Waals surface area contributed by atoms with Crippen LogP contribution in [-0.4, -0.2) is 49.7 Å². The van der Waals surface area contributed by atoms with Gasteiger partial charge in [0, 0.05) is 13.1 Å². The molecule has 1 aliphatic heterocycles. The zero-order chi connectivity index (χ0) is 25.8. The molecule has 4 heterocycles. The predicted molar refractivity (Wildman–Crippen MR) is 130 cm³/mol. The molecular formula is C23H24F3NO5S3. The van der Waals surface area contributed by atoms with Crippen LogP contribution in [0.15, 0.2) is 29.0 Å². The first-order valence-corrected chi connectivity index (χ1v) is 13.1. The molecule has 4 rings (SSSR count). The van der Waals surface area contributed by atoms with Crippen molar-refractivity contribution in [2.75, 3.05) is 26.3 Å². The Morgan fingerprint density at radius 1 is 0.971 bits per heavy atom. The number of thiophene rings is 3. The second-order valence-corrected chi connectivity index (χ2v) is 9.71. The van der Waals surface area contributed by atoms with Crippen molar-refractivity contribution in [3.8, 4) is 0 Å². The van der Waals surface area contributed by atoms with Crippen molar-refractivity contribution in [3.05, 3.63) is 65.9 Å². The fraction of sp³-hybridized carbons (Fsp3) is 0.348. The van der Waals surface area contributed by atoms with Gasteiger partial charge < -0.3 is 14.4 Å². The second kappa shape index (κ2) is 14.9. The van der Waals surface area contributed by atoms with E-state index in [9.17, 15) is 27.6 Å². The minimum absolute atomic E-state index is 0.0227. The molecule has 0 N–H and O–H groups in total. The smallest absolute Gasteiger partial charge is 0.264 e. The summed E-state index contributed by atoms with van der Waals surface area (Å²) >= 11 is 3.33. The summed E-state index contributed by atoms with van der Waals surface area (Å²) in [6, 6.07) is 3.82. The molecule has 3 aromatic rings. The van der Waals surface area contributed by atoms with Crippen LogP contribution in [0.2, 0.25) is 0 Å². The zero-order valence-electron chi connectivity index (χ0n) is 19.0. The van der Waals surface area contributed by atoms with Crippen LogP contribution in [0.1, 0.15) is 60.5 Å². The van der Waals surface area contributed by atoms with Gasteiger partial charge in [-0.05, 0) is 49.2 Å². The van der Waals surface area contributed by atoms with Crippen molar-refractivity contribution in [2.24, 2.45) is 0 Å². The minimum Gasteiger partial charge on any atom is -0.347 e. The highest BCUT2D eigenvalue weighted by Gasteiger charge is 2.21. The van der Waals surface area contributed by atoms with Gasteiger partial charge in [-0.1, -0.05) is 0 Å². The van der Waals surface area contributed by atoms with Crippen LogP contribution in [0.4, 0.5) is 13.2 Å². The fourth-order valence-corrected chi connectivity index (χ4v) is 4.89. The first-order valence-electron chi connectivity index (χ1n) is 10.5. The molecule has 0 aromatic carbocycles. The molecule has 0 spiro atoms. The van der Waals surface area contributed by atoms with Crippen molar-refractivity contribution < 1.29 is 37.0 Å². The maximum absolute atomic E-state index is 13.1. The lowest BCUT2D eigenvalue weighted by Gasteiger charge is -2.21. The van der Waals surface area contributed by atoms with Crippen molar-refractivity contribution in [3.63, 3.8) is 0 Å². The van der Waals surface area contributed by atoms with Gasteiger partial charge in [-0.15, -0.1) is 34.0 Å². The number of nitrogens with zero attached hydrogens (tertiary/aromatic N) is 1. The third-order valence-electron chi connectivity index (χ3n) is 4.52. The molecule has 0 atom stereocenters. The van der Waals surface area contributed by atoms with E-state index in [0.29, 0.717) is 43.8 Å². The molecule has 35 heavy (non-hydrogen) atoms. The molecule has 0 unspecified atom stereocenters. The first kappa shape index (κ1) is 28.9. The Balaban J connectivity index is 0.000000193. The molecule has 0 aliphatic carbocycles. The fourth-order valence-electron chi connectivity index (χ4n) is 2.74. The third kappa shape index (κ3) is 8.36. The number of rotatable bonds is 6. The number of carbonyl (C=O) groups is 3. The highest BCUT2D eigenvalue weighted by atomic mass is 32.1. The van der Waals surface area contributed by atoms with Crippen molar-refractivity contribution in [2.45, 2.75) is 26.6 Å². The Morgan fingerprint density at radius 2 is 1.57 bits per heavy atom. The molecule has 6 nitrogen and oxygen atoms in total. The molecule has 1 fully saturated rings. The Morgan fingerprint density at radius 3 is 2.00 bits per heavy atom. The molecule has 1 amide bonds. The van der Waals surface area contributed by atoms with Gasteiger partial charge in [-0.25, -0.2) is 13.2 Å². The lowest BCUT2D eigenvalue weighted by molar-refractivity contribution is -0.182. The SMILES string of the molecule is CCN(CC)C(=O)c1cc(F)c(C=O)s1.Fc1ccsc1C1OCCCO1.O=Cc1sccc1F. The Bertz CT molecular complexity index is 1090. The van der Waals surface area contributed by atoms with E-state index in [1.54, 1.807) is 15.7 Å². The van der Waals surface area contributed by atoms with E-state index in [4.69, 9.17) is 9.47 Å². The van der Waals surface area contributed by atoms with Crippen LogP contribution in [-0.2, 0) is 9.47 Å². The summed E-state index contributed by atoms with van der Waals surface area (Å²) in [5.74, 6) is -1.50. The van der Waals surface area contributed by atoms with Crippen molar-refractivity contribution in [1.82, 2.24) is 4.90 Å². The molecule has 1 saturated heterocycles. The van der Waals surface area contributed by atoms with Crippen LogP contribution in [0.5, 0.6) is 0 Å². The summed E-state index contributed by atoms with van der Waals surface area (Å²) in [6.07, 6.45) is 1.36. The van der Waals surface area contributed by atoms with E-state index >= 15 is 0 Å². The average molecular weight is 548 g/mol. The highest BCUT2D eigenvalue weighted by Crippen LogP contribution is 2.29. The standard InChI is InChI=1S/C10H12FNO2S.C8H9FO2S.C5H3FOS/c1-3-12(4-2)10(14)8-5-7(11)9(6-13)15-8;9-6-2-5-12-7(6)8-10-3-1-4-11-8;6-4-1-2-8-5(4)3-7/h5-6H,3-4H2,1-2H3;2,5,8H,1,3-4H2;1-3H. The van der Waals surface area contributed by atoms with Crippen molar-refractivity contribution in [1.29, 1.82) is 0 Å². The molecule has 0 bridgehead atoms. The van der Waals surface area contributed by atoms with Gasteiger partial charge in [0.1, 0.15) is 27.2 Å². The van der Waals surface area contributed by atoms with Crippen LogP contribution in [0.3, 0.4) is 0 Å². The van der Waals surface area contributed by atoms with E-state index in [-0.39, 0.29) is 26.4 Å². The molecule has 0 saturated carbocycles. The largest absolute Gasteiger partial charge is 0.347 e. The first-order chi connectivity index (χ1) is 16.9. The molecule has 0 radical (unpaired) electrons. The lowest BCUT2D eigenvalue weighted by Crippen LogP contribution is -2.29.